The van der Waals surface area contributed by atoms with Crippen LogP contribution in [0.2, 0.25) is 0 Å². The predicted molar refractivity (Wildman–Crippen MR) is 171 cm³/mol. The van der Waals surface area contributed by atoms with Crippen molar-refractivity contribution in [3.05, 3.63) is 99.9 Å². The van der Waals surface area contributed by atoms with E-state index in [4.69, 9.17) is 0 Å². The van der Waals surface area contributed by atoms with Crippen LogP contribution in [0.5, 0.6) is 0 Å². The third-order valence-corrected chi connectivity index (χ3v) is 8.99. The number of nitrogens with zero attached hydrogens (tertiary/aromatic N) is 2. The van der Waals surface area contributed by atoms with Crippen LogP contribution in [-0.4, -0.2) is 38.9 Å². The summed E-state index contributed by atoms with van der Waals surface area (Å²) in [4.78, 5) is 39.5. The van der Waals surface area contributed by atoms with E-state index in [-0.39, 0.29) is 17.2 Å². The van der Waals surface area contributed by atoms with Gasteiger partial charge in [-0.25, -0.2) is 4.39 Å². The fourth-order valence-electron chi connectivity index (χ4n) is 3.44. The lowest BCUT2D eigenvalue weighted by atomic mass is 10.1. The fourth-order valence-corrected chi connectivity index (χ4v) is 6.22. The van der Waals surface area contributed by atoms with Gasteiger partial charge in [0.05, 0.1) is 10.8 Å². The summed E-state index contributed by atoms with van der Waals surface area (Å²) >= 11 is 7.62. The second-order valence-corrected chi connectivity index (χ2v) is 13.4. The van der Waals surface area contributed by atoms with Gasteiger partial charge in [-0.1, -0.05) is 70.2 Å². The molecular weight excluding hydrogens is 661 g/mol. The fraction of sp³-hybridized carbons (Fsp3) is 0.138. The van der Waals surface area contributed by atoms with Crippen molar-refractivity contribution >= 4 is 85.4 Å². The van der Waals surface area contributed by atoms with E-state index in [2.05, 4.69) is 42.1 Å². The molecule has 3 amide bonds. The van der Waals surface area contributed by atoms with E-state index in [1.807, 2.05) is 6.92 Å². The Labute approximate surface area is 263 Å². The molecule has 3 aromatic carbocycles. The zero-order chi connectivity index (χ0) is 30.1. The lowest BCUT2D eigenvalue weighted by molar-refractivity contribution is -0.115. The lowest BCUT2D eigenvalue weighted by Gasteiger charge is -2.13. The Balaban J connectivity index is 1.42. The minimum absolute atomic E-state index is 0.0634. The average molecular weight is 687 g/mol. The normalized spacial score (nSPS) is 12.0. The first-order valence-electron chi connectivity index (χ1n) is 12.6. The summed E-state index contributed by atoms with van der Waals surface area (Å²) in [5, 5.41) is 16.2. The van der Waals surface area contributed by atoms with Gasteiger partial charge in [-0.15, -0.1) is 22.0 Å². The number of anilines is 2. The van der Waals surface area contributed by atoms with Gasteiger partial charge >= 0.3 is 0 Å². The largest absolute Gasteiger partial charge is 0.321 e. The molecule has 13 heteroatoms. The average Bonchev–Trinajstić information content (AvgIpc) is 3.41. The second kappa shape index (κ2) is 15.1. The van der Waals surface area contributed by atoms with E-state index >= 15 is 0 Å². The molecule has 0 aliphatic heterocycles. The van der Waals surface area contributed by atoms with Gasteiger partial charge in [0.2, 0.25) is 11.0 Å². The minimum Gasteiger partial charge on any atom is -0.321 e. The summed E-state index contributed by atoms with van der Waals surface area (Å²) < 4.78 is 15.9. The highest BCUT2D eigenvalue weighted by molar-refractivity contribution is 9.10. The van der Waals surface area contributed by atoms with Crippen LogP contribution >= 0.6 is 50.8 Å². The van der Waals surface area contributed by atoms with Crippen LogP contribution in [0.4, 0.5) is 15.2 Å². The Morgan fingerprint density at radius 1 is 1.00 bits per heavy atom. The van der Waals surface area contributed by atoms with Crippen molar-refractivity contribution in [1.82, 2.24) is 15.5 Å². The number of hydrogen-bond acceptors (Lipinski definition) is 8. The number of rotatable bonds is 11. The molecule has 1 aromatic heterocycles. The maximum absolute atomic E-state index is 14.2. The summed E-state index contributed by atoms with van der Waals surface area (Å²) in [6.07, 6.45) is 1.51. The third-order valence-electron chi connectivity index (χ3n) is 5.49. The summed E-state index contributed by atoms with van der Waals surface area (Å²) in [7, 11) is 0. The Hall–Kier alpha value is -3.52. The summed E-state index contributed by atoms with van der Waals surface area (Å²) in [6, 6.07) is 19.6. The lowest BCUT2D eigenvalue weighted by Crippen LogP contribution is -2.31. The van der Waals surface area contributed by atoms with Gasteiger partial charge in [0, 0.05) is 15.1 Å². The molecule has 0 saturated heterocycles. The topological polar surface area (TPSA) is 113 Å². The van der Waals surface area contributed by atoms with E-state index in [1.54, 1.807) is 73.3 Å². The molecule has 3 N–H and O–H groups in total. The molecule has 1 heterocycles. The summed E-state index contributed by atoms with van der Waals surface area (Å²) in [6.45, 7) is 3.81. The van der Waals surface area contributed by atoms with Gasteiger partial charge in [0.25, 0.3) is 11.8 Å². The maximum atomic E-state index is 14.2. The highest BCUT2D eigenvalue weighted by Gasteiger charge is 2.19. The molecule has 4 aromatic rings. The molecule has 0 fully saturated rings. The minimum atomic E-state index is -0.750. The van der Waals surface area contributed by atoms with Gasteiger partial charge in [0.15, 0.2) is 4.34 Å². The third kappa shape index (κ3) is 8.99. The van der Waals surface area contributed by atoms with Gasteiger partial charge in [-0.3, -0.25) is 19.7 Å². The molecule has 0 saturated carbocycles. The van der Waals surface area contributed by atoms with E-state index in [9.17, 15) is 18.8 Å². The van der Waals surface area contributed by atoms with Gasteiger partial charge in [-0.05, 0) is 72.8 Å². The van der Waals surface area contributed by atoms with Crippen LogP contribution in [0, 0.1) is 5.82 Å². The van der Waals surface area contributed by atoms with Crippen molar-refractivity contribution in [2.45, 2.75) is 28.3 Å². The van der Waals surface area contributed by atoms with Crippen LogP contribution < -0.4 is 16.0 Å². The second-order valence-electron chi connectivity index (χ2n) is 8.58. The number of nitrogens with one attached hydrogen (secondary N) is 3. The van der Waals surface area contributed by atoms with Crippen molar-refractivity contribution in [2.75, 3.05) is 16.4 Å². The van der Waals surface area contributed by atoms with Crippen LogP contribution in [0.1, 0.15) is 29.8 Å². The van der Waals surface area contributed by atoms with Crippen molar-refractivity contribution in [3.8, 4) is 0 Å². The van der Waals surface area contributed by atoms with Gasteiger partial charge in [0.1, 0.15) is 11.5 Å². The molecule has 0 spiro atoms. The van der Waals surface area contributed by atoms with E-state index < -0.39 is 22.9 Å². The Morgan fingerprint density at radius 3 is 2.40 bits per heavy atom. The Bertz CT molecular complexity index is 1600. The zero-order valence-corrected chi connectivity index (χ0v) is 26.4. The number of carbonyl (C=O) groups excluding carboxylic acids is 3. The predicted octanol–water partition coefficient (Wildman–Crippen LogP) is 7.08. The van der Waals surface area contributed by atoms with E-state index in [0.717, 1.165) is 19.5 Å². The van der Waals surface area contributed by atoms with Crippen molar-refractivity contribution in [3.63, 3.8) is 0 Å². The number of aromatic nitrogens is 2. The first-order valence-corrected chi connectivity index (χ1v) is 16.1. The Morgan fingerprint density at radius 2 is 1.71 bits per heavy atom. The highest BCUT2D eigenvalue weighted by atomic mass is 79.9. The molecule has 0 unspecified atom stereocenters. The number of halogens is 2. The molecule has 0 aliphatic carbocycles. The molecule has 216 valence electrons. The number of thioether (sulfide) groups is 2. The van der Waals surface area contributed by atoms with Crippen molar-refractivity contribution in [1.29, 1.82) is 0 Å². The van der Waals surface area contributed by atoms with E-state index in [0.29, 0.717) is 16.4 Å². The Kier molecular flexibility index (Phi) is 11.3. The quantitative estimate of drug-likeness (QED) is 0.0879. The number of carbonyl (C=O) groups is 3. The van der Waals surface area contributed by atoms with Crippen LogP contribution in [0.3, 0.4) is 0 Å². The molecule has 0 radical (unpaired) electrons. The van der Waals surface area contributed by atoms with Crippen molar-refractivity contribution < 1.29 is 18.8 Å². The van der Waals surface area contributed by atoms with Gasteiger partial charge < -0.3 is 10.6 Å². The monoisotopic (exact) mass is 685 g/mol. The molecule has 42 heavy (non-hydrogen) atoms. The molecule has 4 rings (SSSR count). The first-order chi connectivity index (χ1) is 20.2. The number of benzene rings is 3. The molecular formula is C29H25BrFN5O3S3. The van der Waals surface area contributed by atoms with Gasteiger partial charge in [-0.2, -0.15) is 0 Å². The maximum Gasteiger partial charge on any atom is 0.272 e. The summed E-state index contributed by atoms with van der Waals surface area (Å²) in [5.41, 5.74) is 0.882. The zero-order valence-electron chi connectivity index (χ0n) is 22.4. The smallest absolute Gasteiger partial charge is 0.272 e. The SMILES string of the molecule is CCSc1nnc(NC(=O)[C@@H](C)Sc2ccc(NC(=O)/C(=C\c3ccc(Br)cc3)NC(=O)c3ccccc3F)cc2)s1. The number of hydrogen-bond donors (Lipinski definition) is 3. The van der Waals surface area contributed by atoms with Crippen LogP contribution in [0.25, 0.3) is 6.08 Å². The highest BCUT2D eigenvalue weighted by Crippen LogP contribution is 2.28. The first kappa shape index (κ1) is 31.4. The van der Waals surface area contributed by atoms with E-state index in [1.165, 1.54) is 47.4 Å². The number of amides is 3. The standard InChI is InChI=1S/C29H25BrFN5O3S3/c1-3-40-29-36-35-28(42-29)34-25(37)17(2)41-21-14-12-20(13-15-21)32-27(39)24(16-18-8-10-19(30)11-9-18)33-26(38)22-6-4-5-7-23(22)31/h4-17H,3H2,1-2H3,(H,32,39)(H,33,38)(H,34,35,37)/b24-16+/t17-/m1/s1. The molecule has 8 nitrogen and oxygen atoms in total. The van der Waals surface area contributed by atoms with Crippen LogP contribution in [0.15, 0.2) is 92.2 Å². The van der Waals surface area contributed by atoms with Crippen LogP contribution in [-0.2, 0) is 9.59 Å². The molecule has 0 bridgehead atoms. The molecule has 1 atom stereocenters. The summed E-state index contributed by atoms with van der Waals surface area (Å²) in [5.74, 6) is -1.36. The molecule has 0 aliphatic rings. The van der Waals surface area contributed by atoms with Crippen molar-refractivity contribution in [2.24, 2.45) is 0 Å².